The lowest BCUT2D eigenvalue weighted by Gasteiger charge is -2.13. The number of carbonyl (C=O) groups is 3. The van der Waals surface area contributed by atoms with Crippen molar-refractivity contribution in [2.24, 2.45) is 0 Å². The molecule has 2 amide bonds. The Morgan fingerprint density at radius 1 is 1.25 bits per heavy atom. The van der Waals surface area contributed by atoms with E-state index in [-0.39, 0.29) is 17.2 Å². The molecule has 1 heterocycles. The van der Waals surface area contributed by atoms with Crippen molar-refractivity contribution in [3.63, 3.8) is 0 Å². The highest BCUT2D eigenvalue weighted by Gasteiger charge is 2.35. The maximum absolute atomic E-state index is 12.7. The molecule has 1 saturated heterocycles. The van der Waals surface area contributed by atoms with Crippen LogP contribution in [-0.2, 0) is 16.1 Å². The van der Waals surface area contributed by atoms with E-state index < -0.39 is 23.7 Å². The SMILES string of the molecule is O=C([O-])COc1ccc(Br)cc1/C=C1\SC(=O)N(Cc2ccccc2Cl)C1=O. The first-order chi connectivity index (χ1) is 13.3. The highest BCUT2D eigenvalue weighted by Crippen LogP contribution is 2.36. The monoisotopic (exact) mass is 480 g/mol. The predicted octanol–water partition coefficient (Wildman–Crippen LogP) is 3.47. The second-order valence-electron chi connectivity index (χ2n) is 5.70. The van der Waals surface area contributed by atoms with Gasteiger partial charge in [-0.3, -0.25) is 14.5 Å². The van der Waals surface area contributed by atoms with Gasteiger partial charge < -0.3 is 14.6 Å². The Morgan fingerprint density at radius 2 is 2.00 bits per heavy atom. The maximum atomic E-state index is 12.7. The van der Waals surface area contributed by atoms with Gasteiger partial charge in [0.1, 0.15) is 12.4 Å². The van der Waals surface area contributed by atoms with Gasteiger partial charge in [-0.1, -0.05) is 45.7 Å². The highest BCUT2D eigenvalue weighted by molar-refractivity contribution is 9.10. The first-order valence-corrected chi connectivity index (χ1v) is 9.95. The van der Waals surface area contributed by atoms with Gasteiger partial charge in [0.15, 0.2) is 0 Å². The van der Waals surface area contributed by atoms with Crippen LogP contribution in [0.1, 0.15) is 11.1 Å². The largest absolute Gasteiger partial charge is 0.546 e. The lowest BCUT2D eigenvalue weighted by Crippen LogP contribution is -2.29. The van der Waals surface area contributed by atoms with E-state index in [0.29, 0.717) is 20.6 Å². The summed E-state index contributed by atoms with van der Waals surface area (Å²) in [5, 5.41) is 10.7. The zero-order valence-corrected chi connectivity index (χ0v) is 17.3. The number of ether oxygens (including phenoxy) is 1. The van der Waals surface area contributed by atoms with Crippen LogP contribution in [0, 0.1) is 0 Å². The van der Waals surface area contributed by atoms with E-state index in [2.05, 4.69) is 15.9 Å². The molecule has 0 atom stereocenters. The van der Waals surface area contributed by atoms with E-state index in [1.165, 1.54) is 6.08 Å². The summed E-state index contributed by atoms with van der Waals surface area (Å²) in [4.78, 5) is 37.0. The molecule has 9 heteroatoms. The van der Waals surface area contributed by atoms with Crippen molar-refractivity contribution >= 4 is 62.5 Å². The number of benzene rings is 2. The van der Waals surface area contributed by atoms with Gasteiger partial charge in [0.2, 0.25) is 0 Å². The van der Waals surface area contributed by atoms with Crippen molar-refractivity contribution in [3.8, 4) is 5.75 Å². The molecule has 1 aliphatic heterocycles. The van der Waals surface area contributed by atoms with Gasteiger partial charge in [-0.05, 0) is 47.7 Å². The topological polar surface area (TPSA) is 86.7 Å². The summed E-state index contributed by atoms with van der Waals surface area (Å²) in [5.74, 6) is -1.57. The van der Waals surface area contributed by atoms with Gasteiger partial charge in [-0.25, -0.2) is 0 Å². The number of hydrogen-bond acceptors (Lipinski definition) is 6. The van der Waals surface area contributed by atoms with Crippen LogP contribution in [0.25, 0.3) is 6.08 Å². The Kier molecular flexibility index (Phi) is 6.43. The number of hydrogen-bond donors (Lipinski definition) is 0. The molecule has 6 nitrogen and oxygen atoms in total. The van der Waals surface area contributed by atoms with E-state index in [4.69, 9.17) is 16.3 Å². The van der Waals surface area contributed by atoms with Crippen molar-refractivity contribution in [2.75, 3.05) is 6.61 Å². The number of rotatable bonds is 6. The summed E-state index contributed by atoms with van der Waals surface area (Å²) < 4.78 is 5.90. The lowest BCUT2D eigenvalue weighted by molar-refractivity contribution is -0.307. The maximum Gasteiger partial charge on any atom is 0.293 e. The molecule has 0 unspecified atom stereocenters. The number of imide groups is 1. The second-order valence-corrected chi connectivity index (χ2v) is 8.02. The first-order valence-electron chi connectivity index (χ1n) is 7.96. The minimum atomic E-state index is -1.37. The predicted molar refractivity (Wildman–Crippen MR) is 108 cm³/mol. The number of amides is 2. The second kappa shape index (κ2) is 8.81. The van der Waals surface area contributed by atoms with Crippen LogP contribution in [0.3, 0.4) is 0 Å². The molecule has 1 aliphatic rings. The number of carbonyl (C=O) groups excluding carboxylic acids is 3. The van der Waals surface area contributed by atoms with Crippen molar-refractivity contribution in [2.45, 2.75) is 6.54 Å². The zero-order valence-electron chi connectivity index (χ0n) is 14.2. The normalized spacial score (nSPS) is 15.4. The van der Waals surface area contributed by atoms with Gasteiger partial charge in [0, 0.05) is 15.1 Å². The van der Waals surface area contributed by atoms with Gasteiger partial charge in [-0.15, -0.1) is 0 Å². The smallest absolute Gasteiger partial charge is 0.293 e. The minimum Gasteiger partial charge on any atom is -0.546 e. The van der Waals surface area contributed by atoms with Gasteiger partial charge in [-0.2, -0.15) is 0 Å². The van der Waals surface area contributed by atoms with Crippen LogP contribution in [0.4, 0.5) is 4.79 Å². The van der Waals surface area contributed by atoms with Crippen LogP contribution >= 0.6 is 39.3 Å². The molecular weight excluding hydrogens is 470 g/mol. The molecule has 0 aliphatic carbocycles. The van der Waals surface area contributed by atoms with E-state index >= 15 is 0 Å². The first kappa shape index (κ1) is 20.4. The molecule has 2 aromatic rings. The fraction of sp³-hybridized carbons (Fsp3) is 0.105. The number of nitrogens with zero attached hydrogens (tertiary/aromatic N) is 1. The molecule has 144 valence electrons. The molecule has 0 spiro atoms. The van der Waals surface area contributed by atoms with Crippen molar-refractivity contribution < 1.29 is 24.2 Å². The van der Waals surface area contributed by atoms with E-state index in [9.17, 15) is 19.5 Å². The summed E-state index contributed by atoms with van der Waals surface area (Å²) in [6.45, 7) is -0.565. The van der Waals surface area contributed by atoms with E-state index in [1.807, 2.05) is 0 Å². The summed E-state index contributed by atoms with van der Waals surface area (Å²) in [5.41, 5.74) is 1.12. The summed E-state index contributed by atoms with van der Waals surface area (Å²) >= 11 is 10.2. The average molecular weight is 482 g/mol. The van der Waals surface area contributed by atoms with Crippen molar-refractivity contribution in [1.29, 1.82) is 0 Å². The number of carboxylic acid groups (broad SMARTS) is 1. The van der Waals surface area contributed by atoms with Gasteiger partial charge in [0.25, 0.3) is 11.1 Å². The van der Waals surface area contributed by atoms with Crippen molar-refractivity contribution in [1.82, 2.24) is 4.90 Å². The molecule has 0 saturated carbocycles. The highest BCUT2D eigenvalue weighted by atomic mass is 79.9. The summed E-state index contributed by atoms with van der Waals surface area (Å²) in [7, 11) is 0. The molecule has 2 aromatic carbocycles. The Balaban J connectivity index is 1.86. The zero-order chi connectivity index (χ0) is 20.3. The minimum absolute atomic E-state index is 0.0637. The third kappa shape index (κ3) is 4.76. The lowest BCUT2D eigenvalue weighted by atomic mass is 10.1. The van der Waals surface area contributed by atoms with Crippen LogP contribution < -0.4 is 9.84 Å². The Labute approximate surface area is 178 Å². The molecule has 0 N–H and O–H groups in total. The number of thioether (sulfide) groups is 1. The summed E-state index contributed by atoms with van der Waals surface area (Å²) in [6, 6.07) is 11.9. The molecule has 0 bridgehead atoms. The molecule has 3 rings (SSSR count). The molecule has 0 radical (unpaired) electrons. The van der Waals surface area contributed by atoms with Crippen molar-refractivity contribution in [3.05, 3.63) is 68.0 Å². The third-order valence-corrected chi connectivity index (χ3v) is 5.53. The molecule has 0 aromatic heterocycles. The van der Waals surface area contributed by atoms with Gasteiger partial charge in [0.05, 0.1) is 17.4 Å². The Hall–Kier alpha value is -2.29. The van der Waals surface area contributed by atoms with Gasteiger partial charge >= 0.3 is 0 Å². The van der Waals surface area contributed by atoms with E-state index in [1.54, 1.807) is 42.5 Å². The van der Waals surface area contributed by atoms with E-state index in [0.717, 1.165) is 16.7 Å². The van der Waals surface area contributed by atoms with Crippen LogP contribution in [-0.4, -0.2) is 28.6 Å². The molecule has 1 fully saturated rings. The standard InChI is InChI=1S/C19H13BrClNO5S/c20-13-5-6-15(27-10-17(23)24)12(7-13)8-16-18(25)22(19(26)28-16)9-11-3-1-2-4-14(11)21/h1-8H,9-10H2,(H,23,24)/p-1/b16-8-. The molecular formula is C19H12BrClNO5S-. The number of carboxylic acids is 1. The third-order valence-electron chi connectivity index (χ3n) is 3.76. The molecule has 28 heavy (non-hydrogen) atoms. The fourth-order valence-electron chi connectivity index (χ4n) is 2.47. The van der Waals surface area contributed by atoms with Crippen LogP contribution in [0.2, 0.25) is 5.02 Å². The van der Waals surface area contributed by atoms with Crippen LogP contribution in [0.15, 0.2) is 51.8 Å². The quantitative estimate of drug-likeness (QED) is 0.587. The Morgan fingerprint density at radius 3 is 2.71 bits per heavy atom. The average Bonchev–Trinajstić information content (AvgIpc) is 2.90. The number of aliphatic carboxylic acids is 1. The summed E-state index contributed by atoms with van der Waals surface area (Å²) in [6.07, 6.45) is 1.49. The fourth-order valence-corrected chi connectivity index (χ4v) is 3.88. The van der Waals surface area contributed by atoms with Crippen LogP contribution in [0.5, 0.6) is 5.75 Å². The Bertz CT molecular complexity index is 994. The number of halogens is 2.